The molecule has 11 aromatic rings. The van der Waals surface area contributed by atoms with Gasteiger partial charge in [0, 0.05) is 50.5 Å². The molecular weight excluding hydrogens is 739 g/mol. The molecule has 0 saturated heterocycles. The Labute approximate surface area is 361 Å². The lowest BCUT2D eigenvalue weighted by molar-refractivity contribution is 1.18. The van der Waals surface area contributed by atoms with Crippen molar-refractivity contribution >= 4 is 66.7 Å². The number of hydrogen-bond acceptors (Lipinski definition) is 2. The van der Waals surface area contributed by atoms with Crippen molar-refractivity contribution in [2.75, 3.05) is 9.80 Å². The third kappa shape index (κ3) is 6.69. The average molecular weight is 784 g/mol. The fourth-order valence-electron chi connectivity index (χ4n) is 8.56. The molecule has 0 aliphatic heterocycles. The van der Waals surface area contributed by atoms with Crippen molar-refractivity contribution < 1.29 is 5.48 Å². The molecule has 1 aromatic heterocycles. The number of benzene rings is 10. The highest BCUT2D eigenvalue weighted by Crippen LogP contribution is 2.43. The molecule has 0 fully saturated rings. The van der Waals surface area contributed by atoms with Gasteiger partial charge in [-0.25, -0.2) is 0 Å². The van der Waals surface area contributed by atoms with Gasteiger partial charge in [0.25, 0.3) is 0 Å². The van der Waals surface area contributed by atoms with Crippen LogP contribution >= 0.6 is 0 Å². The van der Waals surface area contributed by atoms with Gasteiger partial charge in [0.2, 0.25) is 0 Å². The summed E-state index contributed by atoms with van der Waals surface area (Å²) in [5, 5.41) is 3.99. The number of fused-ring (bicyclic) bond motifs is 4. The van der Waals surface area contributed by atoms with E-state index in [1.807, 2.05) is 114 Å². The number of hydrogen-bond donors (Lipinski definition) is 0. The maximum atomic E-state index is 9.60. The predicted octanol–water partition coefficient (Wildman–Crippen LogP) is 16.2. The molecule has 0 saturated carbocycles. The lowest BCUT2D eigenvalue weighted by atomic mass is 9.99. The molecule has 3 heteroatoms. The Morgan fingerprint density at radius 3 is 1.64 bits per heavy atom. The van der Waals surface area contributed by atoms with E-state index in [0.29, 0.717) is 5.56 Å². The number of para-hydroxylation sites is 5. The SMILES string of the molecule is [2H]c1c([2H])c(N(c2ccccc2)c2ccc3c(c2)c2ccccc2n3-c2ccccc2)c([2H])c([2H])c1-c1ccc2cc(N(c3ccccc3)c3ccccc3-c3ccccc3)ccc2c1. The Morgan fingerprint density at radius 2 is 0.885 bits per heavy atom. The summed E-state index contributed by atoms with van der Waals surface area (Å²) < 4.78 is 40.5. The molecule has 0 atom stereocenters. The van der Waals surface area contributed by atoms with Crippen molar-refractivity contribution in [1.82, 2.24) is 4.57 Å². The van der Waals surface area contributed by atoms with E-state index in [1.54, 1.807) is 0 Å². The minimum absolute atomic E-state index is 0.104. The molecule has 288 valence electrons. The normalized spacial score (nSPS) is 12.2. The summed E-state index contributed by atoms with van der Waals surface area (Å²) in [5.74, 6) is 0. The molecule has 0 N–H and O–H groups in total. The van der Waals surface area contributed by atoms with Crippen molar-refractivity contribution in [3.05, 3.63) is 249 Å². The summed E-state index contributed by atoms with van der Waals surface area (Å²) in [6, 6.07) is 75.4. The first-order chi connectivity index (χ1) is 31.9. The fourth-order valence-corrected chi connectivity index (χ4v) is 8.56. The Bertz CT molecular complexity index is 3510. The van der Waals surface area contributed by atoms with Crippen LogP contribution in [-0.2, 0) is 0 Å². The molecule has 11 rings (SSSR count). The molecule has 61 heavy (non-hydrogen) atoms. The van der Waals surface area contributed by atoms with Crippen molar-refractivity contribution in [3.8, 4) is 27.9 Å². The number of anilines is 6. The Balaban J connectivity index is 1.02. The van der Waals surface area contributed by atoms with Crippen LogP contribution < -0.4 is 9.80 Å². The van der Waals surface area contributed by atoms with E-state index in [0.717, 1.165) is 77.8 Å². The zero-order valence-electron chi connectivity index (χ0n) is 37.2. The van der Waals surface area contributed by atoms with Crippen LogP contribution in [0.4, 0.5) is 34.1 Å². The monoisotopic (exact) mass is 783 g/mol. The Hall–Kier alpha value is -8.14. The summed E-state index contributed by atoms with van der Waals surface area (Å²) in [6.07, 6.45) is 0. The molecule has 0 amide bonds. The first-order valence-electron chi connectivity index (χ1n) is 22.5. The number of nitrogens with zero attached hydrogens (tertiary/aromatic N) is 3. The van der Waals surface area contributed by atoms with E-state index < -0.39 is 0 Å². The molecule has 3 nitrogen and oxygen atoms in total. The highest BCUT2D eigenvalue weighted by Gasteiger charge is 2.19. The molecular formula is C58H41N3. The standard InChI is InChI=1S/C58H41N3/c1-5-17-43(18-6-1)53-25-13-15-27-56(53)60(48-21-9-3-10-22-48)51-36-33-45-39-44(29-30-46(45)40-51)42-31-34-50(35-32-42)59(47-19-7-2-8-20-47)52-37-38-58-55(41-52)54-26-14-16-28-57(54)61(58)49-23-11-4-12-24-49/h1-41H/i31D,32D,34D,35D. The predicted molar refractivity (Wildman–Crippen MR) is 259 cm³/mol. The zero-order valence-corrected chi connectivity index (χ0v) is 33.2. The fraction of sp³-hybridized carbons (Fsp3) is 0. The third-order valence-electron chi connectivity index (χ3n) is 11.4. The minimum atomic E-state index is -0.123. The van der Waals surface area contributed by atoms with Crippen molar-refractivity contribution in [2.24, 2.45) is 0 Å². The van der Waals surface area contributed by atoms with Gasteiger partial charge < -0.3 is 14.4 Å². The lowest BCUT2D eigenvalue weighted by Gasteiger charge is -2.28. The van der Waals surface area contributed by atoms with E-state index in [9.17, 15) is 5.48 Å². The highest BCUT2D eigenvalue weighted by atomic mass is 15.1. The van der Waals surface area contributed by atoms with Crippen molar-refractivity contribution in [2.45, 2.75) is 0 Å². The topological polar surface area (TPSA) is 11.4 Å². The molecule has 0 aliphatic rings. The van der Waals surface area contributed by atoms with Gasteiger partial charge in [-0.15, -0.1) is 0 Å². The van der Waals surface area contributed by atoms with Crippen molar-refractivity contribution in [3.63, 3.8) is 0 Å². The first kappa shape index (κ1) is 31.8. The summed E-state index contributed by atoms with van der Waals surface area (Å²) >= 11 is 0. The quantitative estimate of drug-likeness (QED) is 0.144. The summed E-state index contributed by atoms with van der Waals surface area (Å²) in [4.78, 5) is 4.13. The van der Waals surface area contributed by atoms with Crippen LogP contribution in [-0.4, -0.2) is 4.57 Å². The van der Waals surface area contributed by atoms with Crippen LogP contribution in [0.2, 0.25) is 0 Å². The molecule has 0 aliphatic carbocycles. The smallest absolute Gasteiger partial charge is 0.0645 e. The Morgan fingerprint density at radius 1 is 0.328 bits per heavy atom. The van der Waals surface area contributed by atoms with E-state index >= 15 is 0 Å². The minimum Gasteiger partial charge on any atom is -0.310 e. The maximum absolute atomic E-state index is 9.60. The van der Waals surface area contributed by atoms with E-state index in [-0.39, 0.29) is 35.4 Å². The largest absolute Gasteiger partial charge is 0.310 e. The zero-order chi connectivity index (χ0) is 44.0. The second kappa shape index (κ2) is 15.6. The van der Waals surface area contributed by atoms with Gasteiger partial charge >= 0.3 is 0 Å². The molecule has 0 spiro atoms. The summed E-state index contributed by atoms with van der Waals surface area (Å²) in [7, 11) is 0. The number of rotatable bonds is 9. The molecule has 10 aromatic carbocycles. The van der Waals surface area contributed by atoms with Gasteiger partial charge in [-0.1, -0.05) is 152 Å². The highest BCUT2D eigenvalue weighted by molar-refractivity contribution is 6.10. The van der Waals surface area contributed by atoms with E-state index in [4.69, 9.17) is 0 Å². The van der Waals surface area contributed by atoms with Gasteiger partial charge in [0.05, 0.1) is 22.2 Å². The van der Waals surface area contributed by atoms with Crippen LogP contribution in [0.3, 0.4) is 0 Å². The van der Waals surface area contributed by atoms with Gasteiger partial charge in [-0.2, -0.15) is 0 Å². The summed E-state index contributed by atoms with van der Waals surface area (Å²) in [6.45, 7) is 0. The lowest BCUT2D eigenvalue weighted by Crippen LogP contribution is -2.11. The van der Waals surface area contributed by atoms with E-state index in [1.165, 1.54) is 0 Å². The molecule has 0 bridgehead atoms. The average Bonchev–Trinajstić information content (AvgIpc) is 3.70. The second-order valence-electron chi connectivity index (χ2n) is 15.1. The van der Waals surface area contributed by atoms with Gasteiger partial charge in [0.1, 0.15) is 0 Å². The third-order valence-corrected chi connectivity index (χ3v) is 11.4. The van der Waals surface area contributed by atoms with E-state index in [2.05, 4.69) is 125 Å². The van der Waals surface area contributed by atoms with Gasteiger partial charge in [0.15, 0.2) is 0 Å². The molecule has 0 unspecified atom stereocenters. The van der Waals surface area contributed by atoms with Crippen LogP contribution in [0.25, 0.3) is 60.5 Å². The summed E-state index contributed by atoms with van der Waals surface area (Å²) in [5.41, 5.74) is 11.0. The Kier molecular flexibility index (Phi) is 8.11. The molecule has 0 radical (unpaired) electrons. The maximum Gasteiger partial charge on any atom is 0.0645 e. The molecule has 1 heterocycles. The second-order valence-corrected chi connectivity index (χ2v) is 15.1. The van der Waals surface area contributed by atoms with Crippen LogP contribution in [0.15, 0.2) is 249 Å². The first-order valence-corrected chi connectivity index (χ1v) is 20.5. The number of aromatic nitrogens is 1. The van der Waals surface area contributed by atoms with Crippen LogP contribution in [0.5, 0.6) is 0 Å². The van der Waals surface area contributed by atoms with Gasteiger partial charge in [-0.3, -0.25) is 0 Å². The van der Waals surface area contributed by atoms with Crippen LogP contribution in [0.1, 0.15) is 5.48 Å². The van der Waals surface area contributed by atoms with Crippen LogP contribution in [0, 0.1) is 0 Å². The van der Waals surface area contributed by atoms with Gasteiger partial charge in [-0.05, 0) is 124 Å². The van der Waals surface area contributed by atoms with Crippen molar-refractivity contribution in [1.29, 1.82) is 0 Å².